The standard InChI is InChI=1S/C5H9NO4S/c7-11(8,9)10-6-4-2-1-3-5-6/h2,4H,1,3,5H2,(H,7,8,9). The van der Waals surface area contributed by atoms with E-state index >= 15 is 0 Å². The van der Waals surface area contributed by atoms with Gasteiger partial charge in [-0.2, -0.15) is 8.42 Å². The minimum atomic E-state index is -4.35. The van der Waals surface area contributed by atoms with Crippen LogP contribution in [0.3, 0.4) is 0 Å². The maximum Gasteiger partial charge on any atom is 0.418 e. The molecule has 6 heteroatoms. The van der Waals surface area contributed by atoms with Crippen LogP contribution in [0.15, 0.2) is 12.3 Å². The van der Waals surface area contributed by atoms with E-state index in [1.165, 1.54) is 6.20 Å². The first-order valence-corrected chi connectivity index (χ1v) is 4.55. The summed E-state index contributed by atoms with van der Waals surface area (Å²) in [6, 6.07) is 0. The fourth-order valence-corrected chi connectivity index (χ4v) is 1.18. The molecular weight excluding hydrogens is 170 g/mol. The van der Waals surface area contributed by atoms with E-state index in [0.29, 0.717) is 6.54 Å². The molecule has 0 saturated carbocycles. The van der Waals surface area contributed by atoms with E-state index in [4.69, 9.17) is 4.55 Å². The van der Waals surface area contributed by atoms with Crippen LogP contribution in [0.25, 0.3) is 0 Å². The highest BCUT2D eigenvalue weighted by atomic mass is 32.3. The van der Waals surface area contributed by atoms with Crippen molar-refractivity contribution in [1.82, 2.24) is 5.06 Å². The maximum atomic E-state index is 10.2. The molecule has 0 atom stereocenters. The van der Waals surface area contributed by atoms with Crippen molar-refractivity contribution in [3.8, 4) is 0 Å². The molecule has 0 aromatic carbocycles. The van der Waals surface area contributed by atoms with Gasteiger partial charge in [0.25, 0.3) is 0 Å². The second-order valence-corrected chi connectivity index (χ2v) is 3.17. The van der Waals surface area contributed by atoms with E-state index in [1.807, 2.05) is 0 Å². The van der Waals surface area contributed by atoms with E-state index in [0.717, 1.165) is 17.9 Å². The number of rotatable bonds is 2. The highest BCUT2D eigenvalue weighted by molar-refractivity contribution is 7.80. The van der Waals surface area contributed by atoms with Gasteiger partial charge in [0.05, 0.1) is 0 Å². The lowest BCUT2D eigenvalue weighted by Gasteiger charge is -2.19. The van der Waals surface area contributed by atoms with Crippen molar-refractivity contribution in [2.24, 2.45) is 0 Å². The molecule has 0 spiro atoms. The monoisotopic (exact) mass is 179 g/mol. The minimum absolute atomic E-state index is 0.482. The average molecular weight is 179 g/mol. The summed E-state index contributed by atoms with van der Waals surface area (Å²) in [6.07, 6.45) is 4.99. The molecule has 0 unspecified atom stereocenters. The van der Waals surface area contributed by atoms with E-state index in [-0.39, 0.29) is 0 Å². The highest BCUT2D eigenvalue weighted by Crippen LogP contribution is 2.07. The molecule has 1 N–H and O–H groups in total. The Kier molecular flexibility index (Phi) is 2.48. The van der Waals surface area contributed by atoms with E-state index in [1.54, 1.807) is 6.08 Å². The van der Waals surface area contributed by atoms with Crippen LogP contribution in [0, 0.1) is 0 Å². The summed E-state index contributed by atoms with van der Waals surface area (Å²) in [7, 11) is -4.35. The van der Waals surface area contributed by atoms with Crippen molar-refractivity contribution < 1.29 is 17.3 Å². The molecule has 0 amide bonds. The van der Waals surface area contributed by atoms with Crippen LogP contribution < -0.4 is 0 Å². The first-order chi connectivity index (χ1) is 5.08. The molecule has 0 aromatic heterocycles. The summed E-state index contributed by atoms with van der Waals surface area (Å²) in [5.74, 6) is 0. The largest absolute Gasteiger partial charge is 0.418 e. The summed E-state index contributed by atoms with van der Waals surface area (Å²) < 4.78 is 32.7. The molecule has 1 aliphatic rings. The van der Waals surface area contributed by atoms with Gasteiger partial charge in [0.1, 0.15) is 0 Å². The van der Waals surface area contributed by atoms with Crippen LogP contribution in [0.1, 0.15) is 12.8 Å². The normalized spacial score (nSPS) is 18.8. The molecule has 1 aliphatic heterocycles. The van der Waals surface area contributed by atoms with Crippen LogP contribution in [-0.2, 0) is 14.7 Å². The highest BCUT2D eigenvalue weighted by Gasteiger charge is 2.12. The topological polar surface area (TPSA) is 66.8 Å². The van der Waals surface area contributed by atoms with Gasteiger partial charge in [0, 0.05) is 12.7 Å². The second-order valence-electron chi connectivity index (χ2n) is 2.17. The van der Waals surface area contributed by atoms with Gasteiger partial charge in [-0.25, -0.2) is 5.06 Å². The first-order valence-electron chi connectivity index (χ1n) is 3.18. The summed E-state index contributed by atoms with van der Waals surface area (Å²) >= 11 is 0. The molecule has 1 rings (SSSR count). The molecule has 1 heterocycles. The Bertz CT molecular complexity index is 245. The predicted octanol–water partition coefficient (Wildman–Crippen LogP) is 0.330. The fraction of sp³-hybridized carbons (Fsp3) is 0.600. The lowest BCUT2D eigenvalue weighted by Crippen LogP contribution is -2.24. The third-order valence-corrected chi connectivity index (χ3v) is 1.59. The van der Waals surface area contributed by atoms with Crippen LogP contribution in [-0.4, -0.2) is 24.6 Å². The van der Waals surface area contributed by atoms with Gasteiger partial charge in [0.2, 0.25) is 0 Å². The number of hydrogen-bond acceptors (Lipinski definition) is 4. The van der Waals surface area contributed by atoms with Gasteiger partial charge in [-0.05, 0) is 12.8 Å². The maximum absolute atomic E-state index is 10.2. The van der Waals surface area contributed by atoms with Crippen molar-refractivity contribution >= 4 is 10.4 Å². The number of allylic oxidation sites excluding steroid dienone is 1. The average Bonchev–Trinajstić information content (AvgIpc) is 1.85. The summed E-state index contributed by atoms with van der Waals surface area (Å²) in [5.41, 5.74) is 0. The van der Waals surface area contributed by atoms with Crippen LogP contribution in [0.4, 0.5) is 0 Å². The Balaban J connectivity index is 2.49. The van der Waals surface area contributed by atoms with Crippen molar-refractivity contribution in [2.45, 2.75) is 12.8 Å². The first kappa shape index (κ1) is 8.51. The lowest BCUT2D eigenvalue weighted by atomic mass is 10.2. The molecular formula is C5H9NO4S. The van der Waals surface area contributed by atoms with E-state index < -0.39 is 10.4 Å². The third kappa shape index (κ3) is 3.35. The van der Waals surface area contributed by atoms with Crippen molar-refractivity contribution in [3.05, 3.63) is 12.3 Å². The Morgan fingerprint density at radius 3 is 2.73 bits per heavy atom. The third-order valence-electron chi connectivity index (χ3n) is 1.21. The van der Waals surface area contributed by atoms with Crippen molar-refractivity contribution in [1.29, 1.82) is 0 Å². The van der Waals surface area contributed by atoms with Crippen molar-refractivity contribution in [3.63, 3.8) is 0 Å². The number of hydrogen-bond donors (Lipinski definition) is 1. The molecule has 0 radical (unpaired) electrons. The fourth-order valence-electron chi connectivity index (χ4n) is 0.815. The molecule has 64 valence electrons. The Morgan fingerprint density at radius 1 is 1.55 bits per heavy atom. The summed E-state index contributed by atoms with van der Waals surface area (Å²) in [6.45, 7) is 0.482. The molecule has 0 aliphatic carbocycles. The molecule has 11 heavy (non-hydrogen) atoms. The van der Waals surface area contributed by atoms with Gasteiger partial charge in [-0.1, -0.05) is 6.08 Å². The molecule has 5 nitrogen and oxygen atoms in total. The SMILES string of the molecule is O=S(=O)(O)ON1C=CCCC1. The van der Waals surface area contributed by atoms with Crippen LogP contribution in [0.2, 0.25) is 0 Å². The molecule has 0 aromatic rings. The summed E-state index contributed by atoms with van der Waals surface area (Å²) in [4.78, 5) is 0. The minimum Gasteiger partial charge on any atom is -0.262 e. The Labute approximate surface area is 65.2 Å². The van der Waals surface area contributed by atoms with Gasteiger partial charge < -0.3 is 0 Å². The van der Waals surface area contributed by atoms with Gasteiger partial charge in [-0.3, -0.25) is 4.55 Å². The second kappa shape index (κ2) is 3.21. The van der Waals surface area contributed by atoms with E-state index in [9.17, 15) is 8.42 Å². The zero-order valence-electron chi connectivity index (χ0n) is 5.80. The van der Waals surface area contributed by atoms with Crippen molar-refractivity contribution in [2.75, 3.05) is 6.54 Å². The quantitative estimate of drug-likeness (QED) is 0.619. The van der Waals surface area contributed by atoms with Crippen LogP contribution >= 0.6 is 0 Å². The summed E-state index contributed by atoms with van der Waals surface area (Å²) in [5, 5.41) is 1.08. The zero-order chi connectivity index (χ0) is 8.32. The zero-order valence-corrected chi connectivity index (χ0v) is 6.62. The molecule has 0 bridgehead atoms. The van der Waals surface area contributed by atoms with Gasteiger partial charge in [-0.15, -0.1) is 4.28 Å². The Hall–Kier alpha value is -0.590. The number of nitrogens with zero attached hydrogens (tertiary/aromatic N) is 1. The number of hydroxylamine groups is 2. The lowest BCUT2D eigenvalue weighted by molar-refractivity contribution is -0.0164. The Morgan fingerprint density at radius 2 is 2.27 bits per heavy atom. The van der Waals surface area contributed by atoms with Gasteiger partial charge in [0.15, 0.2) is 0 Å². The molecule has 0 fully saturated rings. The van der Waals surface area contributed by atoms with Gasteiger partial charge >= 0.3 is 10.4 Å². The van der Waals surface area contributed by atoms with E-state index in [2.05, 4.69) is 4.28 Å². The van der Waals surface area contributed by atoms with Crippen LogP contribution in [0.5, 0.6) is 0 Å². The molecule has 0 saturated heterocycles. The predicted molar refractivity (Wildman–Crippen MR) is 37.7 cm³/mol. The smallest absolute Gasteiger partial charge is 0.262 e.